The summed E-state index contributed by atoms with van der Waals surface area (Å²) in [5, 5.41) is 11.5. The fraction of sp³-hybridized carbons (Fsp3) is 0.214. The molecule has 4 N–H and O–H groups in total. The normalized spacial score (nSPS) is 15.4. The first-order valence-electron chi connectivity index (χ1n) is 6.38. The van der Waals surface area contributed by atoms with E-state index in [1.807, 2.05) is 6.07 Å². The van der Waals surface area contributed by atoms with Crippen LogP contribution < -0.4 is 5.09 Å². The molecule has 0 saturated carbocycles. The van der Waals surface area contributed by atoms with Gasteiger partial charge in [0.2, 0.25) is 0 Å². The summed E-state index contributed by atoms with van der Waals surface area (Å²) in [4.78, 5) is 29.4. The molecule has 0 radical (unpaired) electrons. The zero-order valence-electron chi connectivity index (χ0n) is 11.2. The van der Waals surface area contributed by atoms with Gasteiger partial charge in [-0.15, -0.1) is 0 Å². The van der Waals surface area contributed by atoms with Crippen LogP contribution in [-0.4, -0.2) is 20.7 Å². The molecule has 0 fully saturated rings. The van der Waals surface area contributed by atoms with Crippen LogP contribution in [0.4, 0.5) is 0 Å². The number of ketones is 1. The Morgan fingerprint density at radius 2 is 1.95 bits per heavy atom. The van der Waals surface area contributed by atoms with Gasteiger partial charge in [0.1, 0.15) is 5.75 Å². The van der Waals surface area contributed by atoms with E-state index in [0.29, 0.717) is 18.4 Å². The van der Waals surface area contributed by atoms with Gasteiger partial charge < -0.3 is 14.9 Å². The predicted octanol–water partition coefficient (Wildman–Crippen LogP) is 1.79. The van der Waals surface area contributed by atoms with Gasteiger partial charge in [0.15, 0.2) is 5.78 Å². The first kappa shape index (κ1) is 15.5. The van der Waals surface area contributed by atoms with Crippen molar-refractivity contribution in [3.63, 3.8) is 0 Å². The maximum Gasteiger partial charge on any atom is 0.427 e. The van der Waals surface area contributed by atoms with Crippen LogP contribution in [0.1, 0.15) is 18.4 Å². The van der Waals surface area contributed by atoms with E-state index >= 15 is 0 Å². The Balaban J connectivity index is 2.14. The molecule has 0 aromatic heterocycles. The Morgan fingerprint density at radius 3 is 2.62 bits per heavy atom. The molecule has 1 aliphatic carbocycles. The number of rotatable bonds is 5. The summed E-state index contributed by atoms with van der Waals surface area (Å²) < 4.78 is 11.1. The molecular weight excluding hydrogens is 293 g/mol. The Labute approximate surface area is 122 Å². The second kappa shape index (κ2) is 6.26. The van der Waals surface area contributed by atoms with Crippen molar-refractivity contribution >= 4 is 13.5 Å². The van der Waals surface area contributed by atoms with E-state index in [-0.39, 0.29) is 23.7 Å². The van der Waals surface area contributed by atoms with E-state index in [4.69, 9.17) is 9.79 Å². The molecule has 6 nitrogen and oxygen atoms in total. The van der Waals surface area contributed by atoms with E-state index < -0.39 is 7.75 Å². The number of phenols is 1. The second-order valence-electron chi connectivity index (χ2n) is 4.81. The van der Waals surface area contributed by atoms with E-state index in [9.17, 15) is 14.5 Å². The van der Waals surface area contributed by atoms with Crippen LogP contribution in [0.15, 0.2) is 47.7 Å². The van der Waals surface area contributed by atoms with Crippen LogP contribution in [0.25, 0.3) is 0 Å². The highest BCUT2D eigenvalue weighted by atomic mass is 31.2. The average Bonchev–Trinajstić information content (AvgIpc) is 2.36. The Morgan fingerprint density at radius 1 is 1.19 bits per heavy atom. The smallest absolute Gasteiger partial charge is 0.427 e. The maximum absolute atomic E-state index is 11.4. The van der Waals surface area contributed by atoms with Crippen LogP contribution in [-0.2, 0) is 15.8 Å². The quantitative estimate of drug-likeness (QED) is 0.618. The van der Waals surface area contributed by atoms with Gasteiger partial charge in [-0.3, -0.25) is 9.88 Å². The predicted molar refractivity (Wildman–Crippen MR) is 77.4 cm³/mol. The molecule has 0 aliphatic heterocycles. The molecule has 21 heavy (non-hydrogen) atoms. The molecular formula is C14H16NO5P. The number of aryl methyl sites for hydroxylation is 1. The van der Waals surface area contributed by atoms with Gasteiger partial charge in [0.25, 0.3) is 0 Å². The van der Waals surface area contributed by atoms with E-state index in [2.05, 4.69) is 5.09 Å². The minimum atomic E-state index is -4.44. The molecule has 1 aromatic rings. The number of allylic oxidation sites excluding steroid dienone is 4. The summed E-state index contributed by atoms with van der Waals surface area (Å²) >= 11 is 0. The molecule has 0 spiro atoms. The lowest BCUT2D eigenvalue weighted by molar-refractivity contribution is -0.114. The zero-order valence-corrected chi connectivity index (χ0v) is 12.1. The van der Waals surface area contributed by atoms with Crippen molar-refractivity contribution in [1.82, 2.24) is 5.09 Å². The van der Waals surface area contributed by atoms with E-state index in [1.54, 1.807) is 24.3 Å². The molecule has 0 amide bonds. The molecule has 112 valence electrons. The first-order chi connectivity index (χ1) is 9.83. The average molecular weight is 309 g/mol. The monoisotopic (exact) mass is 309 g/mol. The second-order valence-corrected chi connectivity index (χ2v) is 6.12. The van der Waals surface area contributed by atoms with Crippen LogP contribution >= 0.6 is 7.75 Å². The molecule has 0 bridgehead atoms. The summed E-state index contributed by atoms with van der Waals surface area (Å²) in [5.41, 5.74) is 1.85. The number of hydrogen-bond acceptors (Lipinski definition) is 3. The summed E-state index contributed by atoms with van der Waals surface area (Å²) in [6.07, 6.45) is 4.04. The van der Waals surface area contributed by atoms with E-state index in [1.165, 1.54) is 6.08 Å². The number of aromatic hydroxyl groups is 1. The van der Waals surface area contributed by atoms with Gasteiger partial charge >= 0.3 is 7.75 Å². The third-order valence-electron chi connectivity index (χ3n) is 3.08. The molecule has 7 heteroatoms. The molecule has 1 aliphatic rings. The molecule has 2 rings (SSSR count). The van der Waals surface area contributed by atoms with Gasteiger partial charge in [-0.2, -0.15) is 0 Å². The lowest BCUT2D eigenvalue weighted by Gasteiger charge is -2.18. The minimum Gasteiger partial charge on any atom is -0.508 e. The lowest BCUT2D eigenvalue weighted by Crippen LogP contribution is -2.17. The molecule has 0 atom stereocenters. The van der Waals surface area contributed by atoms with Crippen molar-refractivity contribution < 1.29 is 24.3 Å². The summed E-state index contributed by atoms with van der Waals surface area (Å²) in [7, 11) is -4.44. The first-order valence-corrected chi connectivity index (χ1v) is 7.99. The topological polar surface area (TPSA) is 107 Å². The molecule has 0 unspecified atom stereocenters. The summed E-state index contributed by atoms with van der Waals surface area (Å²) in [5.74, 6) is -0.0311. The van der Waals surface area contributed by atoms with Gasteiger partial charge in [-0.05, 0) is 42.2 Å². The third kappa shape index (κ3) is 4.86. The third-order valence-corrected chi connectivity index (χ3v) is 3.64. The number of benzene rings is 1. The Hall–Kier alpha value is -1.88. The van der Waals surface area contributed by atoms with Crippen molar-refractivity contribution in [2.24, 2.45) is 0 Å². The molecule has 0 heterocycles. The number of phenolic OH excluding ortho intramolecular Hbond substituents is 1. The Kier molecular flexibility index (Phi) is 4.63. The van der Waals surface area contributed by atoms with Crippen molar-refractivity contribution in [2.45, 2.75) is 19.3 Å². The molecule has 1 aromatic carbocycles. The van der Waals surface area contributed by atoms with Crippen LogP contribution in [0.5, 0.6) is 5.75 Å². The Bertz CT molecular complexity index is 659. The van der Waals surface area contributed by atoms with Gasteiger partial charge in [-0.1, -0.05) is 18.2 Å². The van der Waals surface area contributed by atoms with Crippen molar-refractivity contribution in [3.05, 3.63) is 53.3 Å². The van der Waals surface area contributed by atoms with Crippen LogP contribution in [0.2, 0.25) is 0 Å². The summed E-state index contributed by atoms with van der Waals surface area (Å²) in [6.45, 7) is 0. The fourth-order valence-electron chi connectivity index (χ4n) is 2.15. The van der Waals surface area contributed by atoms with Crippen molar-refractivity contribution in [2.75, 3.05) is 0 Å². The number of carbonyl (C=O) groups excluding carboxylic acids is 1. The standard InChI is InChI=1S/C14H16NO5P/c16-12-3-1-2-10(8-12)4-5-11-6-7-13(17)9-14(11)15-21(18,19)20/h1-3,6-8,16H,4-5,9H2,(H3,15,18,19,20). The number of hydrogen-bond donors (Lipinski definition) is 4. The highest BCUT2D eigenvalue weighted by molar-refractivity contribution is 7.49. The van der Waals surface area contributed by atoms with Gasteiger partial charge in [0, 0.05) is 5.70 Å². The van der Waals surface area contributed by atoms with Gasteiger partial charge in [-0.25, -0.2) is 4.57 Å². The fourth-order valence-corrected chi connectivity index (χ4v) is 2.73. The van der Waals surface area contributed by atoms with Crippen molar-refractivity contribution in [1.29, 1.82) is 0 Å². The maximum atomic E-state index is 11.4. The molecule has 0 saturated heterocycles. The lowest BCUT2D eigenvalue weighted by atomic mass is 9.97. The summed E-state index contributed by atoms with van der Waals surface area (Å²) in [6, 6.07) is 6.79. The number of carbonyl (C=O) groups is 1. The van der Waals surface area contributed by atoms with Crippen LogP contribution in [0, 0.1) is 0 Å². The van der Waals surface area contributed by atoms with E-state index in [0.717, 1.165) is 5.56 Å². The SMILES string of the molecule is O=C1C=CC(CCc2cccc(O)c2)=C(NP(=O)(O)O)C1. The van der Waals surface area contributed by atoms with Gasteiger partial charge in [0.05, 0.1) is 6.42 Å². The largest absolute Gasteiger partial charge is 0.508 e. The van der Waals surface area contributed by atoms with Crippen molar-refractivity contribution in [3.8, 4) is 5.75 Å². The minimum absolute atomic E-state index is 0.0447. The highest BCUT2D eigenvalue weighted by Gasteiger charge is 2.20. The number of nitrogens with one attached hydrogen (secondary N) is 1. The highest BCUT2D eigenvalue weighted by Crippen LogP contribution is 2.33. The van der Waals surface area contributed by atoms with Crippen LogP contribution in [0.3, 0.4) is 0 Å². The zero-order chi connectivity index (χ0) is 15.5.